The van der Waals surface area contributed by atoms with E-state index in [0.717, 1.165) is 33.3 Å². The van der Waals surface area contributed by atoms with E-state index in [2.05, 4.69) is 32.5 Å². The van der Waals surface area contributed by atoms with Gasteiger partial charge in [-0.25, -0.2) is 4.79 Å². The molecule has 0 bridgehead atoms. The van der Waals surface area contributed by atoms with E-state index >= 15 is 0 Å². The van der Waals surface area contributed by atoms with Crippen molar-refractivity contribution in [3.8, 4) is 5.75 Å². The number of ether oxygens (including phenoxy) is 1. The predicted molar refractivity (Wildman–Crippen MR) is 119 cm³/mol. The maximum atomic E-state index is 12.0. The Bertz CT molecular complexity index is 1060. The normalized spacial score (nSPS) is 15.8. The number of carbonyl (C=O) groups is 1. The molecule has 0 saturated carbocycles. The largest absolute Gasteiger partial charge is 0.423 e. The molecule has 1 aliphatic heterocycles. The lowest BCUT2D eigenvalue weighted by molar-refractivity contribution is -0.128. The Labute approximate surface area is 178 Å². The van der Waals surface area contributed by atoms with Crippen LogP contribution in [-0.4, -0.2) is 11.7 Å². The van der Waals surface area contributed by atoms with E-state index in [4.69, 9.17) is 4.74 Å². The van der Waals surface area contributed by atoms with Gasteiger partial charge in [-0.15, -0.1) is 0 Å². The van der Waals surface area contributed by atoms with Crippen LogP contribution in [0.5, 0.6) is 5.75 Å². The zero-order valence-electron chi connectivity index (χ0n) is 15.6. The molecule has 0 aliphatic carbocycles. The molecule has 29 heavy (non-hydrogen) atoms. The van der Waals surface area contributed by atoms with Gasteiger partial charge in [-0.2, -0.15) is 5.10 Å². The molecule has 0 radical (unpaired) electrons. The molecule has 3 aromatic carbocycles. The topological polar surface area (TPSA) is 50.7 Å². The summed E-state index contributed by atoms with van der Waals surface area (Å²) in [7, 11) is 0. The number of halogens is 1. The van der Waals surface area contributed by atoms with Crippen LogP contribution >= 0.6 is 15.9 Å². The van der Waals surface area contributed by atoms with Crippen LogP contribution in [0.2, 0.25) is 0 Å². The van der Waals surface area contributed by atoms with Crippen molar-refractivity contribution >= 4 is 33.7 Å². The Morgan fingerprint density at radius 1 is 1.00 bits per heavy atom. The fourth-order valence-corrected chi connectivity index (χ4v) is 3.66. The lowest BCUT2D eigenvalue weighted by atomic mass is 9.99. The Morgan fingerprint density at radius 2 is 1.72 bits per heavy atom. The van der Waals surface area contributed by atoms with Crippen LogP contribution in [0.25, 0.3) is 6.08 Å². The van der Waals surface area contributed by atoms with E-state index in [0.29, 0.717) is 5.75 Å². The summed E-state index contributed by atoms with van der Waals surface area (Å²) >= 11 is 3.58. The number of carbonyl (C=O) groups excluding carboxylic acids is 1. The SMILES string of the molecule is O=C(/C=C\c1ccccc1)Oc1ccc(C2CC(c3ccccc3Br)=NN2)cc1. The number of hydrogen-bond acceptors (Lipinski definition) is 4. The molecule has 5 heteroatoms. The third-order valence-corrected chi connectivity index (χ3v) is 5.34. The van der Waals surface area contributed by atoms with Gasteiger partial charge in [0.2, 0.25) is 0 Å². The van der Waals surface area contributed by atoms with Gasteiger partial charge in [-0.05, 0) is 35.4 Å². The number of esters is 1. The van der Waals surface area contributed by atoms with Gasteiger partial charge in [0.05, 0.1) is 11.8 Å². The molecule has 1 unspecified atom stereocenters. The van der Waals surface area contributed by atoms with Crippen LogP contribution in [0, 0.1) is 0 Å². The number of nitrogens with zero attached hydrogens (tertiary/aromatic N) is 1. The molecule has 3 aromatic rings. The van der Waals surface area contributed by atoms with Crippen LogP contribution in [0.1, 0.15) is 29.2 Å². The molecular weight excluding hydrogens is 428 g/mol. The van der Waals surface area contributed by atoms with E-state index < -0.39 is 5.97 Å². The standard InChI is InChI=1S/C24H19BrN2O2/c25-21-9-5-4-8-20(21)23-16-22(26-27-23)18-11-13-19(14-12-18)29-24(28)15-10-17-6-2-1-3-7-17/h1-15,22,26H,16H2/b15-10-. The minimum Gasteiger partial charge on any atom is -0.423 e. The summed E-state index contributed by atoms with van der Waals surface area (Å²) in [5.74, 6) is 0.113. The maximum Gasteiger partial charge on any atom is 0.336 e. The Balaban J connectivity index is 1.36. The molecule has 1 atom stereocenters. The molecule has 4 rings (SSSR count). The second kappa shape index (κ2) is 8.88. The smallest absolute Gasteiger partial charge is 0.336 e. The summed E-state index contributed by atoms with van der Waals surface area (Å²) in [4.78, 5) is 12.0. The first kappa shape index (κ1) is 19.2. The van der Waals surface area contributed by atoms with Gasteiger partial charge in [0.1, 0.15) is 5.75 Å². The highest BCUT2D eigenvalue weighted by Crippen LogP contribution is 2.28. The highest BCUT2D eigenvalue weighted by Gasteiger charge is 2.22. The van der Waals surface area contributed by atoms with Crippen LogP contribution < -0.4 is 10.2 Å². The average molecular weight is 447 g/mol. The summed E-state index contributed by atoms with van der Waals surface area (Å²) in [5, 5.41) is 4.49. The molecule has 1 heterocycles. The van der Waals surface area contributed by atoms with Crippen molar-refractivity contribution in [2.75, 3.05) is 0 Å². The van der Waals surface area contributed by atoms with E-state index in [1.807, 2.05) is 72.8 Å². The van der Waals surface area contributed by atoms with Gasteiger partial charge in [0.15, 0.2) is 0 Å². The fourth-order valence-electron chi connectivity index (χ4n) is 3.15. The second-order valence-corrected chi connectivity index (χ2v) is 7.51. The van der Waals surface area contributed by atoms with Crippen LogP contribution in [-0.2, 0) is 4.79 Å². The van der Waals surface area contributed by atoms with Gasteiger partial charge in [0, 0.05) is 22.5 Å². The summed E-state index contributed by atoms with van der Waals surface area (Å²) in [5.41, 5.74) is 7.35. The molecule has 1 aliphatic rings. The van der Waals surface area contributed by atoms with Crippen molar-refractivity contribution in [3.05, 3.63) is 106 Å². The molecule has 0 aromatic heterocycles. The molecule has 0 amide bonds. The summed E-state index contributed by atoms with van der Waals surface area (Å²) in [6.45, 7) is 0. The van der Waals surface area contributed by atoms with E-state index in [-0.39, 0.29) is 6.04 Å². The van der Waals surface area contributed by atoms with Crippen molar-refractivity contribution in [2.24, 2.45) is 5.10 Å². The Hall–Kier alpha value is -3.18. The molecule has 0 fully saturated rings. The minimum absolute atomic E-state index is 0.0971. The molecule has 0 spiro atoms. The number of rotatable bonds is 5. The fraction of sp³-hybridized carbons (Fsp3) is 0.0833. The number of hydrogen-bond donors (Lipinski definition) is 1. The molecule has 1 N–H and O–H groups in total. The Morgan fingerprint density at radius 3 is 2.48 bits per heavy atom. The number of nitrogens with one attached hydrogen (secondary N) is 1. The van der Waals surface area contributed by atoms with E-state index in [9.17, 15) is 4.79 Å². The maximum absolute atomic E-state index is 12.0. The monoisotopic (exact) mass is 446 g/mol. The summed E-state index contributed by atoms with van der Waals surface area (Å²) < 4.78 is 6.41. The zero-order chi connectivity index (χ0) is 20.1. The van der Waals surface area contributed by atoms with Crippen LogP contribution in [0.3, 0.4) is 0 Å². The van der Waals surface area contributed by atoms with Gasteiger partial charge in [-0.3, -0.25) is 0 Å². The van der Waals surface area contributed by atoms with Crippen molar-refractivity contribution < 1.29 is 9.53 Å². The van der Waals surface area contributed by atoms with Gasteiger partial charge < -0.3 is 10.2 Å². The van der Waals surface area contributed by atoms with Crippen molar-refractivity contribution in [1.29, 1.82) is 0 Å². The lowest BCUT2D eigenvalue weighted by Crippen LogP contribution is -2.10. The second-order valence-electron chi connectivity index (χ2n) is 6.66. The van der Waals surface area contributed by atoms with E-state index in [1.165, 1.54) is 6.08 Å². The molecule has 144 valence electrons. The first-order valence-corrected chi connectivity index (χ1v) is 10.1. The lowest BCUT2D eigenvalue weighted by Gasteiger charge is -2.11. The summed E-state index contributed by atoms with van der Waals surface area (Å²) in [6, 6.07) is 25.3. The van der Waals surface area contributed by atoms with Crippen molar-refractivity contribution in [3.63, 3.8) is 0 Å². The first-order chi connectivity index (χ1) is 14.2. The summed E-state index contributed by atoms with van der Waals surface area (Å²) in [6.07, 6.45) is 3.96. The zero-order valence-corrected chi connectivity index (χ0v) is 17.2. The van der Waals surface area contributed by atoms with Crippen molar-refractivity contribution in [2.45, 2.75) is 12.5 Å². The third kappa shape index (κ3) is 4.81. The minimum atomic E-state index is -0.403. The average Bonchev–Trinajstić information content (AvgIpc) is 3.24. The molecule has 4 nitrogen and oxygen atoms in total. The van der Waals surface area contributed by atoms with Crippen molar-refractivity contribution in [1.82, 2.24) is 5.43 Å². The first-order valence-electron chi connectivity index (χ1n) is 9.31. The van der Waals surface area contributed by atoms with Gasteiger partial charge in [-0.1, -0.05) is 76.6 Å². The predicted octanol–water partition coefficient (Wildman–Crippen LogP) is 5.51. The van der Waals surface area contributed by atoms with Gasteiger partial charge >= 0.3 is 5.97 Å². The molecule has 0 saturated heterocycles. The van der Waals surface area contributed by atoms with Crippen LogP contribution in [0.15, 0.2) is 94.5 Å². The number of hydrazone groups is 1. The molecular formula is C24H19BrN2O2. The quantitative estimate of drug-likeness (QED) is 0.319. The highest BCUT2D eigenvalue weighted by atomic mass is 79.9. The van der Waals surface area contributed by atoms with Crippen LogP contribution in [0.4, 0.5) is 0 Å². The third-order valence-electron chi connectivity index (χ3n) is 4.65. The highest BCUT2D eigenvalue weighted by molar-refractivity contribution is 9.10. The number of benzene rings is 3. The van der Waals surface area contributed by atoms with E-state index in [1.54, 1.807) is 6.08 Å². The Kier molecular flexibility index (Phi) is 5.86. The van der Waals surface area contributed by atoms with Gasteiger partial charge in [0.25, 0.3) is 0 Å².